The van der Waals surface area contributed by atoms with Gasteiger partial charge in [0.25, 0.3) is 6.71 Å². The first-order valence-electron chi connectivity index (χ1n) is 26.8. The lowest BCUT2D eigenvalue weighted by molar-refractivity contribution is 0.173. The molecule has 380 valence electrons. The van der Waals surface area contributed by atoms with Gasteiger partial charge in [0.05, 0.1) is 11.4 Å². The van der Waals surface area contributed by atoms with Gasteiger partial charge in [-0.15, -0.1) is 0 Å². The molecule has 4 aliphatic heterocycles. The van der Waals surface area contributed by atoms with E-state index in [1.165, 1.54) is 27.6 Å². The molecular weight excluding hydrogens is 950 g/mol. The van der Waals surface area contributed by atoms with Crippen molar-refractivity contribution in [1.29, 1.82) is 0 Å². The van der Waals surface area contributed by atoms with Crippen LogP contribution in [0.2, 0.25) is 0 Å². The third-order valence-electron chi connectivity index (χ3n) is 16.1. The maximum atomic E-state index is 6.36. The van der Waals surface area contributed by atoms with E-state index < -0.39 is 0 Å². The lowest BCUT2D eigenvalue weighted by Crippen LogP contribution is -2.61. The fourth-order valence-corrected chi connectivity index (χ4v) is 11.9. The van der Waals surface area contributed by atoms with E-state index in [4.69, 9.17) is 23.4 Å². The molecule has 14 rings (SSSR count). The fourth-order valence-electron chi connectivity index (χ4n) is 11.9. The average molecular weight is 1010 g/mol. The highest BCUT2D eigenvalue weighted by atomic mass is 16.7. The Morgan fingerprint density at radius 3 is 1.68 bits per heavy atom. The quantitative estimate of drug-likeness (QED) is 0.153. The second-order valence-electron chi connectivity index (χ2n) is 24.2. The Kier molecular flexibility index (Phi) is 10.3. The van der Waals surface area contributed by atoms with Crippen LogP contribution in [-0.2, 0) is 16.2 Å². The zero-order chi connectivity index (χ0) is 52.7. The van der Waals surface area contributed by atoms with Crippen LogP contribution < -0.4 is 50.0 Å². The number of hydrogen-bond donors (Lipinski definition) is 0. The fraction of sp³-hybridized carbons (Fsp3) is 0.206. The summed E-state index contributed by atoms with van der Waals surface area (Å²) in [5.41, 5.74) is 18.5. The molecule has 0 atom stereocenters. The van der Waals surface area contributed by atoms with E-state index in [1.807, 2.05) is 18.2 Å². The van der Waals surface area contributed by atoms with Crippen LogP contribution in [0.15, 0.2) is 180 Å². The van der Waals surface area contributed by atoms with Gasteiger partial charge in [0.15, 0.2) is 23.0 Å². The van der Waals surface area contributed by atoms with Gasteiger partial charge in [0.2, 0.25) is 13.6 Å². The van der Waals surface area contributed by atoms with Crippen LogP contribution in [0.3, 0.4) is 0 Å². The molecule has 0 aliphatic carbocycles. The van der Waals surface area contributed by atoms with Gasteiger partial charge < -0.3 is 38.1 Å². The lowest BCUT2D eigenvalue weighted by Gasteiger charge is -2.45. The molecule has 1 aromatic heterocycles. The Balaban J connectivity index is 1.05. The summed E-state index contributed by atoms with van der Waals surface area (Å²) in [6.07, 6.45) is 0. The average Bonchev–Trinajstić information content (AvgIpc) is 4.29. The summed E-state index contributed by atoms with van der Waals surface area (Å²) < 4.78 is 30.9. The number of fused-ring (bicyclic) bond motifs is 8. The predicted octanol–water partition coefficient (Wildman–Crippen LogP) is 16.2. The maximum Gasteiger partial charge on any atom is 0.252 e. The van der Waals surface area contributed by atoms with E-state index in [-0.39, 0.29) is 36.5 Å². The molecule has 10 aromatic rings. The summed E-state index contributed by atoms with van der Waals surface area (Å²) in [6, 6.07) is 64.7. The number of furan rings is 1. The smallest absolute Gasteiger partial charge is 0.252 e. The van der Waals surface area contributed by atoms with Crippen molar-refractivity contribution in [2.45, 2.75) is 78.6 Å². The largest absolute Gasteiger partial charge is 0.456 e. The maximum absolute atomic E-state index is 6.36. The highest BCUT2D eigenvalue weighted by Crippen LogP contribution is 2.52. The molecule has 5 heterocycles. The first-order valence-corrected chi connectivity index (χ1v) is 26.8. The van der Waals surface area contributed by atoms with Crippen LogP contribution >= 0.6 is 0 Å². The lowest BCUT2D eigenvalue weighted by atomic mass is 9.33. The molecule has 0 saturated heterocycles. The van der Waals surface area contributed by atoms with E-state index in [1.54, 1.807) is 0 Å². The molecule has 0 bridgehead atoms. The minimum Gasteiger partial charge on any atom is -0.456 e. The monoisotopic (exact) mass is 1010 g/mol. The Hall–Kier alpha value is -8.56. The minimum atomic E-state index is -0.174. The van der Waals surface area contributed by atoms with Crippen molar-refractivity contribution < 1.29 is 23.4 Å². The van der Waals surface area contributed by atoms with Gasteiger partial charge in [-0.1, -0.05) is 135 Å². The van der Waals surface area contributed by atoms with Crippen LogP contribution in [0.4, 0.5) is 51.2 Å². The number of nitrogens with zero attached hydrogens (tertiary/aromatic N) is 3. The van der Waals surface area contributed by atoms with Crippen LogP contribution in [0.25, 0.3) is 33.1 Å². The molecule has 8 nitrogen and oxygen atoms in total. The molecule has 77 heavy (non-hydrogen) atoms. The van der Waals surface area contributed by atoms with Crippen molar-refractivity contribution in [1.82, 2.24) is 0 Å². The zero-order valence-electron chi connectivity index (χ0n) is 45.1. The molecule has 0 saturated carbocycles. The highest BCUT2D eigenvalue weighted by Gasteiger charge is 2.46. The van der Waals surface area contributed by atoms with Crippen molar-refractivity contribution in [2.24, 2.45) is 0 Å². The van der Waals surface area contributed by atoms with E-state index in [0.29, 0.717) is 5.75 Å². The topological polar surface area (TPSA) is 59.8 Å². The van der Waals surface area contributed by atoms with Crippen molar-refractivity contribution in [3.05, 3.63) is 193 Å². The minimum absolute atomic E-state index is 0.0249. The van der Waals surface area contributed by atoms with E-state index >= 15 is 0 Å². The molecule has 0 unspecified atom stereocenters. The van der Waals surface area contributed by atoms with Gasteiger partial charge >= 0.3 is 0 Å². The number of para-hydroxylation sites is 1. The van der Waals surface area contributed by atoms with Gasteiger partial charge in [-0.25, -0.2) is 0 Å². The number of anilines is 9. The Morgan fingerprint density at radius 1 is 0.403 bits per heavy atom. The standard InChI is InChI=1S/C68H60BN3O5/c1-66(2,3)45-17-23-48(24-18-45)70(50-22-16-41-30-44(15-14-42(41)31-50)61-32-43-12-10-11-13-59(43)77-61)52-34-57-65-58(35-52)72(51-27-29-60-62(36-51)74-39-73-60)56-38-64-63(75-40-76-64)37-54(56)69(65)53-33-47(68(7,8)9)21-28-55(53)71(57)49-25-19-46(20-26-49)67(4,5)6/h10-38H,39-40H2,1-9H3. The van der Waals surface area contributed by atoms with E-state index in [0.717, 1.165) is 107 Å². The van der Waals surface area contributed by atoms with Gasteiger partial charge in [0, 0.05) is 62.9 Å². The molecule has 4 aliphatic rings. The summed E-state index contributed by atoms with van der Waals surface area (Å²) >= 11 is 0. The molecule has 9 heteroatoms. The van der Waals surface area contributed by atoms with Crippen LogP contribution in [0.5, 0.6) is 23.0 Å². The van der Waals surface area contributed by atoms with Crippen LogP contribution in [0.1, 0.15) is 79.0 Å². The summed E-state index contributed by atoms with van der Waals surface area (Å²) in [5.74, 6) is 3.75. The third kappa shape index (κ3) is 7.80. The van der Waals surface area contributed by atoms with Gasteiger partial charge in [0.1, 0.15) is 11.3 Å². The highest BCUT2D eigenvalue weighted by molar-refractivity contribution is 7.00. The first-order chi connectivity index (χ1) is 37.0. The molecule has 0 amide bonds. The first kappa shape index (κ1) is 46.9. The van der Waals surface area contributed by atoms with Gasteiger partial charge in [-0.05, 0) is 151 Å². The predicted molar refractivity (Wildman–Crippen MR) is 316 cm³/mol. The van der Waals surface area contributed by atoms with E-state index in [9.17, 15) is 0 Å². The Bertz CT molecular complexity index is 4000. The van der Waals surface area contributed by atoms with E-state index in [2.05, 4.69) is 235 Å². The number of hydrogen-bond acceptors (Lipinski definition) is 8. The number of benzene rings is 9. The Morgan fingerprint density at radius 2 is 0.974 bits per heavy atom. The number of ether oxygens (including phenoxy) is 4. The third-order valence-corrected chi connectivity index (χ3v) is 16.1. The molecular formula is C68H60BN3O5. The molecule has 0 N–H and O–H groups in total. The zero-order valence-corrected chi connectivity index (χ0v) is 45.1. The second-order valence-corrected chi connectivity index (χ2v) is 24.2. The second kappa shape index (κ2) is 17.0. The van der Waals surface area contributed by atoms with Crippen molar-refractivity contribution >= 4 is 96.0 Å². The summed E-state index contributed by atoms with van der Waals surface area (Å²) in [5, 5.41) is 3.33. The molecule has 0 spiro atoms. The van der Waals surface area contributed by atoms with Crippen molar-refractivity contribution in [2.75, 3.05) is 28.3 Å². The summed E-state index contributed by atoms with van der Waals surface area (Å²) in [4.78, 5) is 7.33. The van der Waals surface area contributed by atoms with Crippen LogP contribution in [0, 0.1) is 0 Å². The Labute approximate surface area is 451 Å². The number of rotatable bonds is 6. The van der Waals surface area contributed by atoms with Gasteiger partial charge in [-0.3, -0.25) is 0 Å². The summed E-state index contributed by atoms with van der Waals surface area (Å²) in [7, 11) is 0. The normalized spacial score (nSPS) is 14.3. The van der Waals surface area contributed by atoms with Crippen molar-refractivity contribution in [3.8, 4) is 34.3 Å². The summed E-state index contributed by atoms with van der Waals surface area (Å²) in [6.45, 7) is 20.7. The molecule has 0 fully saturated rings. The van der Waals surface area contributed by atoms with Crippen molar-refractivity contribution in [3.63, 3.8) is 0 Å². The molecule has 9 aromatic carbocycles. The van der Waals surface area contributed by atoms with Crippen LogP contribution in [-0.4, -0.2) is 20.3 Å². The SMILES string of the molecule is CC(C)(C)c1ccc(N(c2cc3c4c(c2)N(c2ccc5c(c2)OCO5)c2cc5c(cc2B4c2cc(C(C)(C)C)ccc2N3c2ccc(C(C)(C)C)cc2)OCO5)c2ccc3cc(-c4cc5ccccc5o4)ccc3c2)cc1. The van der Waals surface area contributed by atoms with Gasteiger partial charge in [-0.2, -0.15) is 0 Å². The molecule has 0 radical (unpaired) electrons.